The summed E-state index contributed by atoms with van der Waals surface area (Å²) in [6, 6.07) is 18.1. The molecule has 0 aliphatic heterocycles. The minimum absolute atomic E-state index is 0.00984. The van der Waals surface area contributed by atoms with Crippen LogP contribution in [0.3, 0.4) is 0 Å². The van der Waals surface area contributed by atoms with Crippen molar-refractivity contribution in [2.75, 3.05) is 18.0 Å². The number of nitrogens with zero attached hydrogens (tertiary/aromatic N) is 3. The molecule has 0 saturated carbocycles. The largest absolute Gasteiger partial charge is 0.497 e. The number of aryl methyl sites for hydroxylation is 1. The van der Waals surface area contributed by atoms with E-state index in [1.165, 1.54) is 30.5 Å². The first-order chi connectivity index (χ1) is 17.7. The number of aromatic nitrogens is 1. The van der Waals surface area contributed by atoms with E-state index in [2.05, 4.69) is 15.5 Å². The molecule has 11 heteroatoms. The van der Waals surface area contributed by atoms with Gasteiger partial charge in [-0.1, -0.05) is 29.3 Å². The van der Waals surface area contributed by atoms with Crippen molar-refractivity contribution in [2.45, 2.75) is 11.8 Å². The van der Waals surface area contributed by atoms with Crippen LogP contribution in [0.15, 0.2) is 82.8 Å². The Bertz CT molecular complexity index is 1580. The Morgan fingerprint density at radius 3 is 2.49 bits per heavy atom. The van der Waals surface area contributed by atoms with E-state index >= 15 is 0 Å². The molecule has 0 aliphatic carbocycles. The van der Waals surface area contributed by atoms with Gasteiger partial charge in [0.2, 0.25) is 0 Å². The van der Waals surface area contributed by atoms with Crippen LogP contribution in [0, 0.1) is 12.7 Å². The molecule has 0 saturated heterocycles. The highest BCUT2D eigenvalue weighted by molar-refractivity contribution is 7.92. The SMILES string of the molecule is COc1ccc2cc(/C=N/NC(=O)CN(c3ccc(F)cc3)S(=O)(=O)c3ccc(C)cc3)c(Cl)nc2c1. The van der Waals surface area contributed by atoms with E-state index in [0.29, 0.717) is 16.8 Å². The maximum Gasteiger partial charge on any atom is 0.264 e. The second kappa shape index (κ2) is 10.9. The van der Waals surface area contributed by atoms with Crippen LogP contribution in [-0.2, 0) is 14.8 Å². The lowest BCUT2D eigenvalue weighted by atomic mass is 10.1. The first-order valence-electron chi connectivity index (χ1n) is 11.0. The molecule has 37 heavy (non-hydrogen) atoms. The molecule has 0 aliphatic rings. The summed E-state index contributed by atoms with van der Waals surface area (Å²) in [5.74, 6) is -0.619. The van der Waals surface area contributed by atoms with Crippen LogP contribution in [0.1, 0.15) is 11.1 Å². The number of benzene rings is 3. The first kappa shape index (κ1) is 26.1. The zero-order valence-electron chi connectivity index (χ0n) is 19.9. The van der Waals surface area contributed by atoms with Gasteiger partial charge in [0, 0.05) is 17.0 Å². The van der Waals surface area contributed by atoms with Crippen LogP contribution >= 0.6 is 11.6 Å². The summed E-state index contributed by atoms with van der Waals surface area (Å²) < 4.78 is 46.3. The van der Waals surface area contributed by atoms with Gasteiger partial charge in [0.05, 0.1) is 29.4 Å². The Kier molecular flexibility index (Phi) is 7.70. The van der Waals surface area contributed by atoms with Crippen molar-refractivity contribution < 1.29 is 22.3 Å². The lowest BCUT2D eigenvalue weighted by Crippen LogP contribution is -2.39. The van der Waals surface area contributed by atoms with Crippen LogP contribution in [0.25, 0.3) is 10.9 Å². The number of hydrogen-bond donors (Lipinski definition) is 1. The Hall–Kier alpha value is -4.02. The van der Waals surface area contributed by atoms with Crippen LogP contribution in [0.2, 0.25) is 5.15 Å². The van der Waals surface area contributed by atoms with Crippen LogP contribution in [0.5, 0.6) is 5.75 Å². The normalized spacial score (nSPS) is 11.6. The molecule has 4 rings (SSSR count). The van der Waals surface area contributed by atoms with E-state index in [-0.39, 0.29) is 15.7 Å². The maximum atomic E-state index is 13.5. The quantitative estimate of drug-likeness (QED) is 0.198. The molecule has 0 spiro atoms. The summed E-state index contributed by atoms with van der Waals surface area (Å²) in [6.45, 7) is 1.23. The Morgan fingerprint density at radius 1 is 1.11 bits per heavy atom. The van der Waals surface area contributed by atoms with Gasteiger partial charge >= 0.3 is 0 Å². The standard InChI is InChI=1S/C26H22ClFN4O4S/c1-17-3-11-23(12-4-17)37(34,35)32(21-8-6-20(28)7-9-21)16-25(33)31-29-15-19-13-18-5-10-22(36-2)14-24(18)30-26(19)27/h3-15H,16H2,1-2H3,(H,31,33)/b29-15+. The second-order valence-electron chi connectivity index (χ2n) is 8.02. The van der Waals surface area contributed by atoms with E-state index in [0.717, 1.165) is 27.4 Å². The average molecular weight is 541 g/mol. The molecule has 0 fully saturated rings. The van der Waals surface area contributed by atoms with E-state index in [4.69, 9.17) is 16.3 Å². The van der Waals surface area contributed by atoms with Gasteiger partial charge in [0.1, 0.15) is 23.3 Å². The number of carbonyl (C=O) groups is 1. The topological polar surface area (TPSA) is 101 Å². The number of carbonyl (C=O) groups excluding carboxylic acids is 1. The van der Waals surface area contributed by atoms with E-state index in [1.807, 2.05) is 13.0 Å². The van der Waals surface area contributed by atoms with Gasteiger partial charge in [-0.05, 0) is 61.5 Å². The predicted molar refractivity (Wildman–Crippen MR) is 141 cm³/mol. The Morgan fingerprint density at radius 2 is 1.81 bits per heavy atom. The number of hydrazone groups is 1. The molecule has 0 atom stereocenters. The van der Waals surface area contributed by atoms with Crippen molar-refractivity contribution >= 4 is 50.3 Å². The summed E-state index contributed by atoms with van der Waals surface area (Å²) >= 11 is 6.26. The number of halogens is 2. The van der Waals surface area contributed by atoms with Crippen molar-refractivity contribution in [3.8, 4) is 5.75 Å². The number of amides is 1. The average Bonchev–Trinajstić information content (AvgIpc) is 2.88. The minimum atomic E-state index is -4.14. The fourth-order valence-electron chi connectivity index (χ4n) is 3.46. The molecule has 8 nitrogen and oxygen atoms in total. The molecule has 1 N–H and O–H groups in total. The molecule has 1 heterocycles. The highest BCUT2D eigenvalue weighted by atomic mass is 35.5. The summed E-state index contributed by atoms with van der Waals surface area (Å²) in [4.78, 5) is 17.0. The van der Waals surface area contributed by atoms with Crippen LogP contribution < -0.4 is 14.5 Å². The third kappa shape index (κ3) is 6.04. The Balaban J connectivity index is 1.55. The molecular weight excluding hydrogens is 519 g/mol. The highest BCUT2D eigenvalue weighted by Gasteiger charge is 2.27. The van der Waals surface area contributed by atoms with Gasteiger partial charge in [-0.3, -0.25) is 9.10 Å². The summed E-state index contributed by atoms with van der Waals surface area (Å²) in [6.07, 6.45) is 1.31. The zero-order valence-corrected chi connectivity index (χ0v) is 21.4. The van der Waals surface area contributed by atoms with Gasteiger partial charge in [0.25, 0.3) is 15.9 Å². The van der Waals surface area contributed by atoms with E-state index < -0.39 is 28.3 Å². The number of hydrogen-bond acceptors (Lipinski definition) is 6. The van der Waals surface area contributed by atoms with Crippen LogP contribution in [-0.4, -0.2) is 39.2 Å². The lowest BCUT2D eigenvalue weighted by Gasteiger charge is -2.23. The Labute approximate surface area is 218 Å². The number of nitrogens with one attached hydrogen (secondary N) is 1. The molecule has 0 unspecified atom stereocenters. The smallest absolute Gasteiger partial charge is 0.264 e. The van der Waals surface area contributed by atoms with Crippen molar-refractivity contribution in [3.05, 3.63) is 94.9 Å². The van der Waals surface area contributed by atoms with Gasteiger partial charge in [0.15, 0.2) is 0 Å². The molecule has 4 aromatic rings. The monoisotopic (exact) mass is 540 g/mol. The fraction of sp³-hybridized carbons (Fsp3) is 0.115. The van der Waals surface area contributed by atoms with Gasteiger partial charge in [-0.15, -0.1) is 0 Å². The van der Waals surface area contributed by atoms with E-state index in [9.17, 15) is 17.6 Å². The fourth-order valence-corrected chi connectivity index (χ4v) is 5.07. The van der Waals surface area contributed by atoms with Crippen molar-refractivity contribution in [2.24, 2.45) is 5.10 Å². The lowest BCUT2D eigenvalue weighted by molar-refractivity contribution is -0.119. The molecule has 0 radical (unpaired) electrons. The highest BCUT2D eigenvalue weighted by Crippen LogP contribution is 2.25. The first-order valence-corrected chi connectivity index (χ1v) is 12.8. The predicted octanol–water partition coefficient (Wildman–Crippen LogP) is 4.69. The van der Waals surface area contributed by atoms with Gasteiger partial charge in [-0.25, -0.2) is 23.2 Å². The number of fused-ring (bicyclic) bond motifs is 1. The number of pyridine rings is 1. The number of rotatable bonds is 8. The summed E-state index contributed by atoms with van der Waals surface area (Å²) in [7, 11) is -2.58. The number of ether oxygens (including phenoxy) is 1. The number of methoxy groups -OCH3 is 1. The molecular formula is C26H22ClFN4O4S. The van der Waals surface area contributed by atoms with E-state index in [1.54, 1.807) is 37.4 Å². The van der Waals surface area contributed by atoms with Crippen molar-refractivity contribution in [3.63, 3.8) is 0 Å². The third-order valence-corrected chi connectivity index (χ3v) is 7.50. The van der Waals surface area contributed by atoms with Gasteiger partial charge < -0.3 is 4.74 Å². The van der Waals surface area contributed by atoms with Crippen molar-refractivity contribution in [1.82, 2.24) is 10.4 Å². The molecule has 0 bridgehead atoms. The molecule has 190 valence electrons. The maximum absolute atomic E-state index is 13.5. The second-order valence-corrected chi connectivity index (χ2v) is 10.2. The molecule has 1 amide bonds. The molecule has 1 aromatic heterocycles. The third-order valence-electron chi connectivity index (χ3n) is 5.41. The molecule has 3 aromatic carbocycles. The number of anilines is 1. The summed E-state index contributed by atoms with van der Waals surface area (Å²) in [5, 5.41) is 4.86. The number of sulfonamides is 1. The van der Waals surface area contributed by atoms with Crippen molar-refractivity contribution in [1.29, 1.82) is 0 Å². The van der Waals surface area contributed by atoms with Crippen LogP contribution in [0.4, 0.5) is 10.1 Å². The van der Waals surface area contributed by atoms with Gasteiger partial charge in [-0.2, -0.15) is 5.10 Å². The zero-order chi connectivity index (χ0) is 26.6. The summed E-state index contributed by atoms with van der Waals surface area (Å²) in [5.41, 5.74) is 4.38. The minimum Gasteiger partial charge on any atom is -0.497 e.